The number of rotatable bonds is 3. The molecule has 0 aliphatic heterocycles. The van der Waals surface area contributed by atoms with E-state index in [1.54, 1.807) is 30.3 Å². The monoisotopic (exact) mass is 230 g/mol. The molecule has 76 valence electrons. The van der Waals surface area contributed by atoms with Gasteiger partial charge in [-0.15, -0.1) is 0 Å². The summed E-state index contributed by atoms with van der Waals surface area (Å²) < 4.78 is 23.7. The van der Waals surface area contributed by atoms with E-state index in [1.165, 1.54) is 6.92 Å². The van der Waals surface area contributed by atoms with Crippen molar-refractivity contribution in [2.24, 2.45) is 0 Å². The van der Waals surface area contributed by atoms with Gasteiger partial charge in [0.1, 0.15) is 0 Å². The van der Waals surface area contributed by atoms with Gasteiger partial charge in [0.05, 0.1) is 10.1 Å². The maximum Gasteiger partial charge on any atom is 0.185 e. The standard InChI is InChI=1S/C10H11ClO2S/c1-8(11)9(2)14(12,13)10-6-4-3-5-7-10/h3-7,9H,1H2,2H3. The Morgan fingerprint density at radius 3 is 2.29 bits per heavy atom. The zero-order chi connectivity index (χ0) is 10.8. The maximum absolute atomic E-state index is 11.8. The van der Waals surface area contributed by atoms with Crippen molar-refractivity contribution in [2.45, 2.75) is 17.1 Å². The molecule has 0 aromatic heterocycles. The lowest BCUT2D eigenvalue weighted by molar-refractivity contribution is 0.590. The zero-order valence-corrected chi connectivity index (χ0v) is 9.35. The summed E-state index contributed by atoms with van der Waals surface area (Å²) in [5.74, 6) is 0. The van der Waals surface area contributed by atoms with Crippen molar-refractivity contribution in [2.75, 3.05) is 0 Å². The lowest BCUT2D eigenvalue weighted by atomic mass is 10.4. The molecule has 0 saturated carbocycles. The molecule has 0 heterocycles. The van der Waals surface area contributed by atoms with Gasteiger partial charge >= 0.3 is 0 Å². The van der Waals surface area contributed by atoms with E-state index in [-0.39, 0.29) is 9.93 Å². The van der Waals surface area contributed by atoms with E-state index >= 15 is 0 Å². The predicted octanol–water partition coefficient (Wildman–Crippen LogP) is 2.60. The molecule has 0 fully saturated rings. The molecule has 0 N–H and O–H groups in total. The molecule has 4 heteroatoms. The second kappa shape index (κ2) is 4.15. The molecular formula is C10H11ClO2S. The van der Waals surface area contributed by atoms with Crippen molar-refractivity contribution in [3.05, 3.63) is 41.9 Å². The number of benzene rings is 1. The molecule has 0 amide bonds. The number of sulfone groups is 1. The van der Waals surface area contributed by atoms with Gasteiger partial charge < -0.3 is 0 Å². The van der Waals surface area contributed by atoms with Crippen LogP contribution in [0, 0.1) is 0 Å². The molecule has 0 saturated heterocycles. The first kappa shape index (κ1) is 11.3. The van der Waals surface area contributed by atoms with Crippen molar-refractivity contribution < 1.29 is 8.42 Å². The zero-order valence-electron chi connectivity index (χ0n) is 7.77. The van der Waals surface area contributed by atoms with Crippen LogP contribution in [0.4, 0.5) is 0 Å². The average Bonchev–Trinajstić information content (AvgIpc) is 2.18. The number of hydrogen-bond acceptors (Lipinski definition) is 2. The average molecular weight is 231 g/mol. The van der Waals surface area contributed by atoms with Gasteiger partial charge in [-0.25, -0.2) is 8.42 Å². The lowest BCUT2D eigenvalue weighted by Gasteiger charge is -2.10. The van der Waals surface area contributed by atoms with Gasteiger partial charge in [-0.1, -0.05) is 36.4 Å². The molecule has 1 unspecified atom stereocenters. The van der Waals surface area contributed by atoms with Crippen molar-refractivity contribution in [1.29, 1.82) is 0 Å². The van der Waals surface area contributed by atoms with E-state index in [9.17, 15) is 8.42 Å². The fourth-order valence-corrected chi connectivity index (χ4v) is 2.62. The largest absolute Gasteiger partial charge is 0.223 e. The molecule has 1 atom stereocenters. The molecular weight excluding hydrogens is 220 g/mol. The van der Waals surface area contributed by atoms with Gasteiger partial charge in [0.25, 0.3) is 0 Å². The minimum Gasteiger partial charge on any atom is -0.223 e. The topological polar surface area (TPSA) is 34.1 Å². The summed E-state index contributed by atoms with van der Waals surface area (Å²) in [5.41, 5.74) is 0. The van der Waals surface area contributed by atoms with E-state index in [4.69, 9.17) is 11.6 Å². The minimum absolute atomic E-state index is 0.133. The summed E-state index contributed by atoms with van der Waals surface area (Å²) in [6.45, 7) is 4.96. The smallest absolute Gasteiger partial charge is 0.185 e. The fourth-order valence-electron chi connectivity index (χ4n) is 0.983. The first-order valence-electron chi connectivity index (χ1n) is 4.09. The van der Waals surface area contributed by atoms with Crippen LogP contribution in [0.3, 0.4) is 0 Å². The normalized spacial score (nSPS) is 13.6. The second-order valence-electron chi connectivity index (χ2n) is 2.95. The summed E-state index contributed by atoms with van der Waals surface area (Å²) in [4.78, 5) is 0.273. The van der Waals surface area contributed by atoms with Gasteiger partial charge in [-0.3, -0.25) is 0 Å². The highest BCUT2D eigenvalue weighted by Crippen LogP contribution is 2.21. The molecule has 1 aromatic carbocycles. The molecule has 14 heavy (non-hydrogen) atoms. The first-order chi connectivity index (χ1) is 6.46. The van der Waals surface area contributed by atoms with Crippen LogP contribution in [0.15, 0.2) is 46.8 Å². The Kier molecular flexibility index (Phi) is 3.34. The maximum atomic E-state index is 11.8. The van der Waals surface area contributed by atoms with Crippen molar-refractivity contribution >= 4 is 21.4 Å². The minimum atomic E-state index is -3.37. The Balaban J connectivity index is 3.16. The molecule has 0 bridgehead atoms. The Morgan fingerprint density at radius 2 is 1.86 bits per heavy atom. The SMILES string of the molecule is C=C(Cl)C(C)S(=O)(=O)c1ccccc1. The van der Waals surface area contributed by atoms with Crippen LogP contribution in [-0.2, 0) is 9.84 Å². The van der Waals surface area contributed by atoms with Crippen LogP contribution < -0.4 is 0 Å². The third-order valence-corrected chi connectivity index (χ3v) is 4.58. The summed E-state index contributed by atoms with van der Waals surface area (Å²) in [5, 5.41) is -0.625. The third kappa shape index (κ3) is 2.16. The van der Waals surface area contributed by atoms with Gasteiger partial charge in [-0.2, -0.15) is 0 Å². The van der Waals surface area contributed by atoms with Crippen LogP contribution in [0.1, 0.15) is 6.92 Å². The first-order valence-corrected chi connectivity index (χ1v) is 6.02. The van der Waals surface area contributed by atoms with Crippen LogP contribution in [-0.4, -0.2) is 13.7 Å². The fraction of sp³-hybridized carbons (Fsp3) is 0.200. The molecule has 1 rings (SSSR count). The van der Waals surface area contributed by atoms with Crippen LogP contribution in [0.2, 0.25) is 0 Å². The summed E-state index contributed by atoms with van der Waals surface area (Å²) in [7, 11) is -3.37. The number of halogens is 1. The van der Waals surface area contributed by atoms with Crippen molar-refractivity contribution in [3.63, 3.8) is 0 Å². The van der Waals surface area contributed by atoms with Gasteiger partial charge in [-0.05, 0) is 19.1 Å². The molecule has 2 nitrogen and oxygen atoms in total. The molecule has 0 aliphatic rings. The molecule has 0 spiro atoms. The van der Waals surface area contributed by atoms with Crippen LogP contribution in [0.5, 0.6) is 0 Å². The van der Waals surface area contributed by atoms with Crippen molar-refractivity contribution in [3.8, 4) is 0 Å². The summed E-state index contributed by atoms with van der Waals surface area (Å²) in [6.07, 6.45) is 0. The number of hydrogen-bond donors (Lipinski definition) is 0. The molecule has 0 radical (unpaired) electrons. The Labute approximate surface area is 89.1 Å². The van der Waals surface area contributed by atoms with Crippen LogP contribution in [0.25, 0.3) is 0 Å². The van der Waals surface area contributed by atoms with E-state index in [1.807, 2.05) is 0 Å². The van der Waals surface area contributed by atoms with E-state index in [0.717, 1.165) is 0 Å². The summed E-state index contributed by atoms with van der Waals surface area (Å²) >= 11 is 5.59. The van der Waals surface area contributed by atoms with E-state index < -0.39 is 15.1 Å². The van der Waals surface area contributed by atoms with Crippen LogP contribution >= 0.6 is 11.6 Å². The highest BCUT2D eigenvalue weighted by atomic mass is 35.5. The Hall–Kier alpha value is -0.800. The predicted molar refractivity (Wildman–Crippen MR) is 58.1 cm³/mol. The van der Waals surface area contributed by atoms with Gasteiger partial charge in [0.15, 0.2) is 9.84 Å². The quantitative estimate of drug-likeness (QED) is 0.800. The second-order valence-corrected chi connectivity index (χ2v) is 5.70. The van der Waals surface area contributed by atoms with Gasteiger partial charge in [0.2, 0.25) is 0 Å². The Bertz CT molecular complexity index is 423. The highest BCUT2D eigenvalue weighted by Gasteiger charge is 2.24. The van der Waals surface area contributed by atoms with Gasteiger partial charge in [0, 0.05) is 5.03 Å². The highest BCUT2D eigenvalue weighted by molar-refractivity contribution is 7.92. The van der Waals surface area contributed by atoms with Crippen molar-refractivity contribution in [1.82, 2.24) is 0 Å². The molecule has 1 aromatic rings. The van der Waals surface area contributed by atoms with E-state index in [0.29, 0.717) is 0 Å². The third-order valence-electron chi connectivity index (χ3n) is 1.98. The molecule has 0 aliphatic carbocycles. The Morgan fingerprint density at radius 1 is 1.36 bits per heavy atom. The van der Waals surface area contributed by atoms with E-state index in [2.05, 4.69) is 6.58 Å². The lowest BCUT2D eigenvalue weighted by Crippen LogP contribution is -2.17. The summed E-state index contributed by atoms with van der Waals surface area (Å²) in [6, 6.07) is 8.21.